The highest BCUT2D eigenvalue weighted by Crippen LogP contribution is 2.23. The number of aryl methyl sites for hydroxylation is 3. The number of likely N-dealkylation sites (N-methyl/N-ethyl adjacent to an activating group) is 1. The average Bonchev–Trinajstić information content (AvgIpc) is 3.19. The first-order valence-electron chi connectivity index (χ1n) is 9.38. The lowest BCUT2D eigenvalue weighted by molar-refractivity contribution is -0.117. The lowest BCUT2D eigenvalue weighted by Crippen LogP contribution is -2.32. The average molecular weight is 377 g/mol. The second-order valence-corrected chi connectivity index (χ2v) is 7.34. The fraction of sp³-hybridized carbons (Fsp3) is 0.318. The van der Waals surface area contributed by atoms with Crippen LogP contribution in [0.4, 0.5) is 5.69 Å². The number of rotatable bonds is 6. The second-order valence-electron chi connectivity index (χ2n) is 7.34. The first-order chi connectivity index (χ1) is 13.3. The van der Waals surface area contributed by atoms with Crippen LogP contribution in [0.3, 0.4) is 0 Å². The van der Waals surface area contributed by atoms with Crippen LogP contribution in [0.2, 0.25) is 0 Å². The number of benzene rings is 2. The highest BCUT2D eigenvalue weighted by Gasteiger charge is 2.16. The van der Waals surface area contributed by atoms with E-state index < -0.39 is 0 Å². The summed E-state index contributed by atoms with van der Waals surface area (Å²) in [5.41, 5.74) is 6.39. The summed E-state index contributed by atoms with van der Waals surface area (Å²) in [5, 5.41) is 7.21. The van der Waals surface area contributed by atoms with Crippen molar-refractivity contribution in [2.75, 3.05) is 18.9 Å². The molecule has 6 heteroatoms. The minimum absolute atomic E-state index is 0.0105. The number of carbonyl (C=O) groups excluding carboxylic acids is 1. The number of hydrogen-bond donors (Lipinski definition) is 1. The summed E-state index contributed by atoms with van der Waals surface area (Å²) in [7, 11) is 1.96. The minimum Gasteiger partial charge on any atom is -0.324 e. The molecule has 1 heterocycles. The molecule has 0 spiro atoms. The number of nitrogens with zero attached hydrogens (tertiary/aromatic N) is 4. The molecule has 146 valence electrons. The standard InChI is InChI=1S/C22H27N5O/c1-15-10-16(2)22(17(3)11-15)25-21(28)12-26(5)18(4)19-6-8-20(9-7-19)27-14-23-13-24-27/h6-11,13-14,18H,12H2,1-5H3,(H,25,28)/t18-/m1/s1. The molecule has 28 heavy (non-hydrogen) atoms. The molecule has 1 atom stereocenters. The van der Waals surface area contributed by atoms with Crippen LogP contribution in [0, 0.1) is 20.8 Å². The molecule has 0 aliphatic carbocycles. The summed E-state index contributed by atoms with van der Waals surface area (Å²) in [6.45, 7) is 8.53. The van der Waals surface area contributed by atoms with E-state index in [0.717, 1.165) is 28.1 Å². The van der Waals surface area contributed by atoms with Crippen molar-refractivity contribution in [2.24, 2.45) is 0 Å². The molecule has 1 aromatic heterocycles. The molecule has 1 N–H and O–H groups in total. The van der Waals surface area contributed by atoms with Gasteiger partial charge in [0, 0.05) is 11.7 Å². The fourth-order valence-corrected chi connectivity index (χ4v) is 3.42. The number of aromatic nitrogens is 3. The number of amides is 1. The molecule has 0 aliphatic heterocycles. The van der Waals surface area contributed by atoms with Gasteiger partial charge in [0.25, 0.3) is 0 Å². The van der Waals surface area contributed by atoms with Crippen LogP contribution in [0.25, 0.3) is 5.69 Å². The van der Waals surface area contributed by atoms with Crippen molar-refractivity contribution in [2.45, 2.75) is 33.7 Å². The molecule has 0 fully saturated rings. The van der Waals surface area contributed by atoms with Gasteiger partial charge < -0.3 is 5.32 Å². The maximum atomic E-state index is 12.6. The predicted molar refractivity (Wildman–Crippen MR) is 112 cm³/mol. The summed E-state index contributed by atoms with van der Waals surface area (Å²) in [6.07, 6.45) is 3.18. The van der Waals surface area contributed by atoms with Crippen molar-refractivity contribution in [1.82, 2.24) is 19.7 Å². The molecule has 0 radical (unpaired) electrons. The van der Waals surface area contributed by atoms with Crippen molar-refractivity contribution in [3.8, 4) is 5.69 Å². The molecule has 0 saturated heterocycles. The van der Waals surface area contributed by atoms with Gasteiger partial charge in [-0.3, -0.25) is 9.69 Å². The Morgan fingerprint density at radius 1 is 1.14 bits per heavy atom. The Morgan fingerprint density at radius 3 is 2.36 bits per heavy atom. The van der Waals surface area contributed by atoms with E-state index in [1.165, 1.54) is 11.9 Å². The molecule has 3 aromatic rings. The second kappa shape index (κ2) is 8.35. The Hall–Kier alpha value is -2.99. The summed E-state index contributed by atoms with van der Waals surface area (Å²) < 4.78 is 1.72. The van der Waals surface area contributed by atoms with E-state index in [1.807, 2.05) is 37.9 Å². The Labute approximate surface area is 166 Å². The van der Waals surface area contributed by atoms with Crippen molar-refractivity contribution < 1.29 is 4.79 Å². The number of carbonyl (C=O) groups is 1. The van der Waals surface area contributed by atoms with Crippen LogP contribution in [0.15, 0.2) is 49.1 Å². The smallest absolute Gasteiger partial charge is 0.238 e. The van der Waals surface area contributed by atoms with Gasteiger partial charge >= 0.3 is 0 Å². The minimum atomic E-state index is -0.0105. The third-order valence-electron chi connectivity index (χ3n) is 5.05. The van der Waals surface area contributed by atoms with Gasteiger partial charge in [0.05, 0.1) is 12.2 Å². The van der Waals surface area contributed by atoms with E-state index in [9.17, 15) is 4.79 Å². The number of anilines is 1. The zero-order valence-electron chi connectivity index (χ0n) is 17.1. The third kappa shape index (κ3) is 4.46. The van der Waals surface area contributed by atoms with Crippen molar-refractivity contribution in [3.05, 3.63) is 71.3 Å². The quantitative estimate of drug-likeness (QED) is 0.709. The van der Waals surface area contributed by atoms with Crippen molar-refractivity contribution >= 4 is 11.6 Å². The third-order valence-corrected chi connectivity index (χ3v) is 5.05. The summed E-state index contributed by atoms with van der Waals surface area (Å²) in [6, 6.07) is 12.4. The van der Waals surface area contributed by atoms with Gasteiger partial charge in [0.2, 0.25) is 5.91 Å². The highest BCUT2D eigenvalue weighted by molar-refractivity contribution is 5.93. The maximum Gasteiger partial charge on any atom is 0.238 e. The van der Waals surface area contributed by atoms with E-state index in [1.54, 1.807) is 11.0 Å². The van der Waals surface area contributed by atoms with Crippen molar-refractivity contribution in [1.29, 1.82) is 0 Å². The number of nitrogens with one attached hydrogen (secondary N) is 1. The zero-order valence-corrected chi connectivity index (χ0v) is 17.1. The van der Waals surface area contributed by atoms with Gasteiger partial charge in [-0.25, -0.2) is 9.67 Å². The molecular formula is C22H27N5O. The normalized spacial score (nSPS) is 12.2. The molecule has 0 unspecified atom stereocenters. The van der Waals surface area contributed by atoms with Crippen LogP contribution < -0.4 is 5.32 Å². The lowest BCUT2D eigenvalue weighted by atomic mass is 10.0. The Kier molecular flexibility index (Phi) is 5.90. The summed E-state index contributed by atoms with van der Waals surface area (Å²) in [5.74, 6) is -0.0105. The Bertz CT molecular complexity index is 925. The molecule has 0 aliphatic rings. The van der Waals surface area contributed by atoms with Gasteiger partial charge in [0.1, 0.15) is 12.7 Å². The maximum absolute atomic E-state index is 12.6. The van der Waals surface area contributed by atoms with Crippen LogP contribution in [0.5, 0.6) is 0 Å². The zero-order chi connectivity index (χ0) is 20.3. The topological polar surface area (TPSA) is 63.1 Å². The van der Waals surface area contributed by atoms with E-state index in [2.05, 4.69) is 53.5 Å². The van der Waals surface area contributed by atoms with Gasteiger partial charge in [0.15, 0.2) is 0 Å². The monoisotopic (exact) mass is 377 g/mol. The van der Waals surface area contributed by atoms with E-state index >= 15 is 0 Å². The van der Waals surface area contributed by atoms with Gasteiger partial charge in [-0.15, -0.1) is 0 Å². The largest absolute Gasteiger partial charge is 0.324 e. The fourth-order valence-electron chi connectivity index (χ4n) is 3.42. The molecule has 0 bridgehead atoms. The Morgan fingerprint density at radius 2 is 1.79 bits per heavy atom. The Balaban J connectivity index is 1.64. The lowest BCUT2D eigenvalue weighted by Gasteiger charge is -2.25. The highest BCUT2D eigenvalue weighted by atomic mass is 16.2. The van der Waals surface area contributed by atoms with Crippen LogP contribution in [-0.2, 0) is 4.79 Å². The van der Waals surface area contributed by atoms with E-state index in [-0.39, 0.29) is 11.9 Å². The summed E-state index contributed by atoms with van der Waals surface area (Å²) in [4.78, 5) is 18.6. The number of hydrogen-bond acceptors (Lipinski definition) is 4. The molecule has 6 nitrogen and oxygen atoms in total. The molecule has 0 saturated carbocycles. The van der Waals surface area contributed by atoms with Crippen LogP contribution >= 0.6 is 0 Å². The first-order valence-corrected chi connectivity index (χ1v) is 9.38. The van der Waals surface area contributed by atoms with Gasteiger partial charge in [-0.1, -0.05) is 29.8 Å². The molecule has 1 amide bonds. The SMILES string of the molecule is Cc1cc(C)c(NC(=O)CN(C)[C@H](C)c2ccc(-n3cncn3)cc2)c(C)c1. The molecule has 3 rings (SSSR count). The van der Waals surface area contributed by atoms with Gasteiger partial charge in [-0.2, -0.15) is 5.10 Å². The van der Waals surface area contributed by atoms with Crippen LogP contribution in [-0.4, -0.2) is 39.2 Å². The molecule has 2 aromatic carbocycles. The molecular weight excluding hydrogens is 350 g/mol. The first kappa shape index (κ1) is 19.8. The summed E-state index contributed by atoms with van der Waals surface area (Å²) >= 11 is 0. The van der Waals surface area contributed by atoms with Crippen molar-refractivity contribution in [3.63, 3.8) is 0 Å². The predicted octanol–water partition coefficient (Wildman–Crippen LogP) is 3.82. The van der Waals surface area contributed by atoms with Gasteiger partial charge in [-0.05, 0) is 63.6 Å². The van der Waals surface area contributed by atoms with Crippen LogP contribution in [0.1, 0.15) is 35.2 Å². The van der Waals surface area contributed by atoms with E-state index in [0.29, 0.717) is 6.54 Å². The van der Waals surface area contributed by atoms with E-state index in [4.69, 9.17) is 0 Å².